The number of benzene rings is 1. The monoisotopic (exact) mass is 261 g/mol. The molecule has 0 radical (unpaired) electrons. The minimum Gasteiger partial charge on any atom is -0.377 e. The van der Waals surface area contributed by atoms with Gasteiger partial charge in [0.15, 0.2) is 0 Å². The van der Waals surface area contributed by atoms with Crippen LogP contribution in [0, 0.1) is 6.92 Å². The lowest BCUT2D eigenvalue weighted by molar-refractivity contribution is 0.0800. The molecule has 1 aromatic rings. The third kappa shape index (κ3) is 4.63. The van der Waals surface area contributed by atoms with Crippen LogP contribution in [0.15, 0.2) is 24.3 Å². The average molecular weight is 261 g/mol. The van der Waals surface area contributed by atoms with E-state index in [2.05, 4.69) is 50.4 Å². The summed E-state index contributed by atoms with van der Waals surface area (Å²) in [6, 6.07) is 9.83. The van der Waals surface area contributed by atoms with Crippen LogP contribution in [-0.2, 0) is 11.2 Å². The first-order valence-corrected chi connectivity index (χ1v) is 7.58. The van der Waals surface area contributed by atoms with Gasteiger partial charge in [0.1, 0.15) is 0 Å². The number of hydrogen-bond acceptors (Lipinski definition) is 2. The van der Waals surface area contributed by atoms with Crippen LogP contribution in [0.1, 0.15) is 44.2 Å². The fourth-order valence-corrected chi connectivity index (χ4v) is 2.89. The van der Waals surface area contributed by atoms with E-state index in [0.717, 1.165) is 13.0 Å². The molecule has 0 bridgehead atoms. The zero-order chi connectivity index (χ0) is 13.7. The molecule has 0 saturated carbocycles. The van der Waals surface area contributed by atoms with Gasteiger partial charge in [-0.25, -0.2) is 0 Å². The van der Waals surface area contributed by atoms with Crippen molar-refractivity contribution in [2.45, 2.75) is 64.6 Å². The Morgan fingerprint density at radius 3 is 2.89 bits per heavy atom. The van der Waals surface area contributed by atoms with Crippen molar-refractivity contribution in [3.8, 4) is 0 Å². The van der Waals surface area contributed by atoms with E-state index in [9.17, 15) is 0 Å². The van der Waals surface area contributed by atoms with Crippen molar-refractivity contribution in [1.82, 2.24) is 5.32 Å². The summed E-state index contributed by atoms with van der Waals surface area (Å²) in [6.07, 6.45) is 5.17. The van der Waals surface area contributed by atoms with Crippen LogP contribution >= 0.6 is 0 Å². The zero-order valence-electron chi connectivity index (χ0n) is 12.5. The fraction of sp³-hybridized carbons (Fsp3) is 0.647. The molecule has 1 aromatic carbocycles. The van der Waals surface area contributed by atoms with Crippen molar-refractivity contribution in [2.24, 2.45) is 0 Å². The standard InChI is InChI=1S/C17H27NO/c1-13-6-4-7-16(12-13)10-9-14(2)18-15(3)17-8-5-11-19-17/h4,6-7,12,14-15,17-18H,5,8-11H2,1-3H3. The maximum Gasteiger partial charge on any atom is 0.0726 e. The zero-order valence-corrected chi connectivity index (χ0v) is 12.5. The first kappa shape index (κ1) is 14.5. The van der Waals surface area contributed by atoms with Crippen molar-refractivity contribution in [3.63, 3.8) is 0 Å². The molecule has 1 aliphatic rings. The third-order valence-corrected chi connectivity index (χ3v) is 4.02. The van der Waals surface area contributed by atoms with E-state index in [1.807, 2.05) is 0 Å². The second kappa shape index (κ2) is 7.06. The average Bonchev–Trinajstić information content (AvgIpc) is 2.90. The third-order valence-electron chi connectivity index (χ3n) is 4.02. The molecule has 1 N–H and O–H groups in total. The molecule has 3 unspecified atom stereocenters. The van der Waals surface area contributed by atoms with Gasteiger partial charge in [0.2, 0.25) is 0 Å². The van der Waals surface area contributed by atoms with Gasteiger partial charge < -0.3 is 10.1 Å². The van der Waals surface area contributed by atoms with E-state index in [1.165, 1.54) is 30.4 Å². The van der Waals surface area contributed by atoms with E-state index in [4.69, 9.17) is 4.74 Å². The molecule has 2 rings (SSSR count). The van der Waals surface area contributed by atoms with Crippen molar-refractivity contribution in [3.05, 3.63) is 35.4 Å². The van der Waals surface area contributed by atoms with Gasteiger partial charge in [-0.15, -0.1) is 0 Å². The van der Waals surface area contributed by atoms with E-state index in [0.29, 0.717) is 18.2 Å². The van der Waals surface area contributed by atoms with Gasteiger partial charge in [0.25, 0.3) is 0 Å². The Morgan fingerprint density at radius 1 is 1.37 bits per heavy atom. The van der Waals surface area contributed by atoms with E-state index in [-0.39, 0.29) is 0 Å². The van der Waals surface area contributed by atoms with Crippen molar-refractivity contribution >= 4 is 0 Å². The highest BCUT2D eigenvalue weighted by Crippen LogP contribution is 2.16. The van der Waals surface area contributed by atoms with Crippen LogP contribution in [0.25, 0.3) is 0 Å². The number of aryl methyl sites for hydroxylation is 2. The Kier molecular flexibility index (Phi) is 5.41. The van der Waals surface area contributed by atoms with Crippen molar-refractivity contribution < 1.29 is 4.74 Å². The molecule has 2 heteroatoms. The van der Waals surface area contributed by atoms with Crippen molar-refractivity contribution in [1.29, 1.82) is 0 Å². The summed E-state index contributed by atoms with van der Waals surface area (Å²) in [5.74, 6) is 0. The highest BCUT2D eigenvalue weighted by Gasteiger charge is 2.23. The first-order valence-electron chi connectivity index (χ1n) is 7.58. The molecular weight excluding hydrogens is 234 g/mol. The number of ether oxygens (including phenoxy) is 1. The van der Waals surface area contributed by atoms with Gasteiger partial charge in [0, 0.05) is 18.7 Å². The largest absolute Gasteiger partial charge is 0.377 e. The van der Waals surface area contributed by atoms with Gasteiger partial charge in [-0.05, 0) is 52.0 Å². The number of hydrogen-bond donors (Lipinski definition) is 1. The minimum absolute atomic E-state index is 0.418. The van der Waals surface area contributed by atoms with E-state index >= 15 is 0 Å². The van der Waals surface area contributed by atoms with Crippen LogP contribution in [0.2, 0.25) is 0 Å². The molecule has 0 spiro atoms. The molecule has 0 aromatic heterocycles. The second-order valence-corrected chi connectivity index (χ2v) is 5.94. The Hall–Kier alpha value is -0.860. The lowest BCUT2D eigenvalue weighted by Gasteiger charge is -2.24. The Bertz CT molecular complexity index is 385. The van der Waals surface area contributed by atoms with Gasteiger partial charge in [-0.3, -0.25) is 0 Å². The molecule has 2 nitrogen and oxygen atoms in total. The fourth-order valence-electron chi connectivity index (χ4n) is 2.89. The topological polar surface area (TPSA) is 21.3 Å². The van der Waals surface area contributed by atoms with E-state index < -0.39 is 0 Å². The molecule has 106 valence electrons. The molecule has 1 aliphatic heterocycles. The number of rotatable bonds is 6. The van der Waals surface area contributed by atoms with Crippen LogP contribution in [-0.4, -0.2) is 24.8 Å². The lowest BCUT2D eigenvalue weighted by atomic mass is 10.0. The SMILES string of the molecule is Cc1cccc(CCC(C)NC(C)C2CCCO2)c1. The summed E-state index contributed by atoms with van der Waals surface area (Å²) in [5, 5.41) is 3.68. The Labute approximate surface area is 117 Å². The highest BCUT2D eigenvalue weighted by molar-refractivity contribution is 5.22. The van der Waals surface area contributed by atoms with Gasteiger partial charge in [0.05, 0.1) is 6.10 Å². The molecule has 1 saturated heterocycles. The van der Waals surface area contributed by atoms with Gasteiger partial charge in [-0.2, -0.15) is 0 Å². The molecule has 3 atom stereocenters. The van der Waals surface area contributed by atoms with Crippen LogP contribution in [0.4, 0.5) is 0 Å². The van der Waals surface area contributed by atoms with Crippen molar-refractivity contribution in [2.75, 3.05) is 6.61 Å². The van der Waals surface area contributed by atoms with Crippen LogP contribution < -0.4 is 5.32 Å². The molecular formula is C17H27NO. The molecule has 0 amide bonds. The quantitative estimate of drug-likeness (QED) is 0.846. The van der Waals surface area contributed by atoms with Gasteiger partial charge in [-0.1, -0.05) is 29.8 Å². The first-order chi connectivity index (χ1) is 9.15. The summed E-state index contributed by atoms with van der Waals surface area (Å²) in [6.45, 7) is 7.62. The molecule has 1 heterocycles. The summed E-state index contributed by atoms with van der Waals surface area (Å²) >= 11 is 0. The minimum atomic E-state index is 0.418. The lowest BCUT2D eigenvalue weighted by Crippen LogP contribution is -2.42. The predicted octanol–water partition coefficient (Wildman–Crippen LogP) is 3.47. The highest BCUT2D eigenvalue weighted by atomic mass is 16.5. The summed E-state index contributed by atoms with van der Waals surface area (Å²) < 4.78 is 5.73. The van der Waals surface area contributed by atoms with Crippen LogP contribution in [0.3, 0.4) is 0 Å². The second-order valence-electron chi connectivity index (χ2n) is 5.94. The number of nitrogens with one attached hydrogen (secondary N) is 1. The Balaban J connectivity index is 1.73. The Morgan fingerprint density at radius 2 is 2.21 bits per heavy atom. The maximum absolute atomic E-state index is 5.73. The van der Waals surface area contributed by atoms with E-state index in [1.54, 1.807) is 0 Å². The van der Waals surface area contributed by atoms with Crippen LogP contribution in [0.5, 0.6) is 0 Å². The van der Waals surface area contributed by atoms with Gasteiger partial charge >= 0.3 is 0 Å². The molecule has 0 aliphatic carbocycles. The molecule has 1 fully saturated rings. The maximum atomic E-state index is 5.73. The summed E-state index contributed by atoms with van der Waals surface area (Å²) in [7, 11) is 0. The smallest absolute Gasteiger partial charge is 0.0726 e. The summed E-state index contributed by atoms with van der Waals surface area (Å²) in [5.41, 5.74) is 2.80. The predicted molar refractivity (Wildman–Crippen MR) is 80.5 cm³/mol. The normalized spacial score (nSPS) is 22.4. The summed E-state index contributed by atoms with van der Waals surface area (Å²) in [4.78, 5) is 0. The molecule has 19 heavy (non-hydrogen) atoms.